The van der Waals surface area contributed by atoms with Crippen LogP contribution in [0.2, 0.25) is 0 Å². The maximum absolute atomic E-state index is 13.5. The van der Waals surface area contributed by atoms with Crippen LogP contribution in [-0.4, -0.2) is 39.7 Å². The number of amides is 2. The lowest BCUT2D eigenvalue weighted by atomic mass is 10.1. The van der Waals surface area contributed by atoms with E-state index in [0.29, 0.717) is 36.6 Å². The number of rotatable bonds is 5. The van der Waals surface area contributed by atoms with Gasteiger partial charge in [-0.1, -0.05) is 36.4 Å². The minimum atomic E-state index is -0.211. The van der Waals surface area contributed by atoms with Crippen molar-refractivity contribution in [3.05, 3.63) is 93.9 Å². The van der Waals surface area contributed by atoms with E-state index in [1.165, 1.54) is 5.56 Å². The fourth-order valence-electron chi connectivity index (χ4n) is 4.59. The summed E-state index contributed by atoms with van der Waals surface area (Å²) in [7, 11) is 0. The fraction of sp³-hybridized carbons (Fsp3) is 0.286. The maximum Gasteiger partial charge on any atom is 0.319 e. The van der Waals surface area contributed by atoms with Crippen LogP contribution in [0.4, 0.5) is 16.3 Å². The molecule has 2 N–H and O–H groups in total. The van der Waals surface area contributed by atoms with Gasteiger partial charge in [0.1, 0.15) is 5.52 Å². The average Bonchev–Trinajstić information content (AvgIpc) is 2.89. The molecule has 4 aromatic rings. The van der Waals surface area contributed by atoms with E-state index in [1.54, 1.807) is 10.8 Å². The van der Waals surface area contributed by atoms with Crippen molar-refractivity contribution in [1.82, 2.24) is 19.9 Å². The molecule has 8 heteroatoms. The smallest absolute Gasteiger partial charge is 0.319 e. The Balaban J connectivity index is 1.29. The molecular weight excluding hydrogens is 452 g/mol. The predicted octanol–water partition coefficient (Wildman–Crippen LogP) is 4.25. The summed E-state index contributed by atoms with van der Waals surface area (Å²) in [5.41, 5.74) is 5.25. The van der Waals surface area contributed by atoms with Crippen molar-refractivity contribution in [3.8, 4) is 0 Å². The molecule has 1 aliphatic rings. The van der Waals surface area contributed by atoms with E-state index in [2.05, 4.69) is 20.6 Å². The van der Waals surface area contributed by atoms with E-state index in [9.17, 15) is 9.59 Å². The number of nitrogens with one attached hydrogen (secondary N) is 2. The Morgan fingerprint density at radius 2 is 1.78 bits per heavy atom. The highest BCUT2D eigenvalue weighted by molar-refractivity contribution is 5.89. The second-order valence-electron chi connectivity index (χ2n) is 9.32. The Labute approximate surface area is 210 Å². The number of carbonyl (C=O) groups is 1. The number of nitrogens with zero attached hydrogens (tertiary/aromatic N) is 4. The molecule has 5 rings (SSSR count). The molecule has 8 nitrogen and oxygen atoms in total. The van der Waals surface area contributed by atoms with E-state index >= 15 is 0 Å². The van der Waals surface area contributed by atoms with Gasteiger partial charge in [0.15, 0.2) is 11.5 Å². The van der Waals surface area contributed by atoms with Crippen LogP contribution in [0, 0.1) is 13.8 Å². The van der Waals surface area contributed by atoms with Crippen molar-refractivity contribution in [2.45, 2.75) is 39.3 Å². The zero-order chi connectivity index (χ0) is 25.1. The van der Waals surface area contributed by atoms with Crippen LogP contribution in [-0.2, 0) is 6.54 Å². The van der Waals surface area contributed by atoms with Crippen LogP contribution in [0.3, 0.4) is 0 Å². The first-order chi connectivity index (χ1) is 17.5. The van der Waals surface area contributed by atoms with Gasteiger partial charge in [-0.25, -0.2) is 14.8 Å². The highest BCUT2D eigenvalue weighted by atomic mass is 16.2. The highest BCUT2D eigenvalue weighted by Crippen LogP contribution is 2.19. The number of carbonyl (C=O) groups excluding carboxylic acids is 1. The molecule has 1 aliphatic heterocycles. The molecule has 36 heavy (non-hydrogen) atoms. The van der Waals surface area contributed by atoms with Crippen LogP contribution >= 0.6 is 0 Å². The van der Waals surface area contributed by atoms with Crippen LogP contribution < -0.4 is 21.1 Å². The minimum Gasteiger partial charge on any atom is -0.352 e. The monoisotopic (exact) mass is 482 g/mol. The molecular formula is C28H30N6O2. The standard InChI is InChI=1S/C28H30N6O2/c1-19-10-11-23(17-20(19)2)31-28(36)30-22-12-15-33(16-13-22)26-27(35)34(18-21-7-4-3-5-8-21)25-24(32-26)9-6-14-29-25/h3-11,14,17,22H,12-13,15-16,18H2,1-2H3,(H2,30,31,36). The van der Waals surface area contributed by atoms with Gasteiger partial charge < -0.3 is 15.5 Å². The van der Waals surface area contributed by atoms with Crippen LogP contribution in [0.15, 0.2) is 71.7 Å². The highest BCUT2D eigenvalue weighted by Gasteiger charge is 2.25. The van der Waals surface area contributed by atoms with Gasteiger partial charge in [0.2, 0.25) is 0 Å². The van der Waals surface area contributed by atoms with Crippen molar-refractivity contribution in [3.63, 3.8) is 0 Å². The SMILES string of the molecule is Cc1ccc(NC(=O)NC2CCN(c3nc4cccnc4n(Cc4ccccc4)c3=O)CC2)cc1C. The quantitative estimate of drug-likeness (QED) is 0.444. The van der Waals surface area contributed by atoms with Crippen molar-refractivity contribution >= 4 is 28.7 Å². The number of piperidine rings is 1. The maximum atomic E-state index is 13.5. The summed E-state index contributed by atoms with van der Waals surface area (Å²) in [4.78, 5) is 37.2. The average molecular weight is 483 g/mol. The zero-order valence-electron chi connectivity index (χ0n) is 20.6. The van der Waals surface area contributed by atoms with Crippen LogP contribution in [0.5, 0.6) is 0 Å². The van der Waals surface area contributed by atoms with Gasteiger partial charge in [-0.2, -0.15) is 0 Å². The summed E-state index contributed by atoms with van der Waals surface area (Å²) < 4.78 is 1.70. The second kappa shape index (κ2) is 10.2. The predicted molar refractivity (Wildman–Crippen MR) is 143 cm³/mol. The molecule has 2 aromatic carbocycles. The van der Waals surface area contributed by atoms with E-state index in [-0.39, 0.29) is 17.6 Å². The van der Waals surface area contributed by atoms with Gasteiger partial charge in [-0.15, -0.1) is 0 Å². The van der Waals surface area contributed by atoms with Gasteiger partial charge >= 0.3 is 6.03 Å². The number of hydrogen-bond donors (Lipinski definition) is 2. The molecule has 0 atom stereocenters. The van der Waals surface area contributed by atoms with Gasteiger partial charge in [0.05, 0.1) is 6.54 Å². The number of pyridine rings is 1. The summed E-state index contributed by atoms with van der Waals surface area (Å²) in [5, 5.41) is 6.00. The number of aromatic nitrogens is 3. The Morgan fingerprint density at radius 1 is 1.00 bits per heavy atom. The first kappa shape index (κ1) is 23.5. The molecule has 0 unspecified atom stereocenters. The normalized spacial score (nSPS) is 14.1. The molecule has 3 heterocycles. The van der Waals surface area contributed by atoms with Crippen LogP contribution in [0.25, 0.3) is 11.2 Å². The summed E-state index contributed by atoms with van der Waals surface area (Å²) in [5.74, 6) is 0.435. The largest absolute Gasteiger partial charge is 0.352 e. The zero-order valence-corrected chi connectivity index (χ0v) is 20.6. The lowest BCUT2D eigenvalue weighted by molar-refractivity contribution is 0.246. The lowest BCUT2D eigenvalue weighted by Gasteiger charge is -2.33. The summed E-state index contributed by atoms with van der Waals surface area (Å²) in [6, 6.07) is 19.3. The number of fused-ring (bicyclic) bond motifs is 1. The number of benzene rings is 2. The molecule has 0 radical (unpaired) electrons. The Hall–Kier alpha value is -4.20. The van der Waals surface area contributed by atoms with Crippen LogP contribution in [0.1, 0.15) is 29.5 Å². The van der Waals surface area contributed by atoms with Gasteiger partial charge in [-0.3, -0.25) is 9.36 Å². The number of anilines is 2. The molecule has 0 bridgehead atoms. The molecule has 0 saturated carbocycles. The Bertz CT molecular complexity index is 1440. The molecule has 1 fully saturated rings. The first-order valence-corrected chi connectivity index (χ1v) is 12.3. The van der Waals surface area contributed by atoms with Crippen molar-refractivity contribution in [2.75, 3.05) is 23.3 Å². The second-order valence-corrected chi connectivity index (χ2v) is 9.32. The van der Waals surface area contributed by atoms with Crippen molar-refractivity contribution in [2.24, 2.45) is 0 Å². The summed E-state index contributed by atoms with van der Waals surface area (Å²) in [6.45, 7) is 5.77. The van der Waals surface area contributed by atoms with Gasteiger partial charge in [-0.05, 0) is 67.6 Å². The molecule has 184 valence electrons. The Kier molecular flexibility index (Phi) is 6.66. The number of aryl methyl sites for hydroxylation is 2. The van der Waals surface area contributed by atoms with E-state index < -0.39 is 0 Å². The van der Waals surface area contributed by atoms with Crippen molar-refractivity contribution in [1.29, 1.82) is 0 Å². The van der Waals surface area contributed by atoms with Gasteiger partial charge in [0.25, 0.3) is 5.56 Å². The third kappa shape index (κ3) is 5.07. The number of hydrogen-bond acceptors (Lipinski definition) is 5. The van der Waals surface area contributed by atoms with Gasteiger partial charge in [0, 0.05) is 31.0 Å². The minimum absolute atomic E-state index is 0.0291. The lowest BCUT2D eigenvalue weighted by Crippen LogP contribution is -2.47. The topological polar surface area (TPSA) is 92.2 Å². The third-order valence-corrected chi connectivity index (χ3v) is 6.76. The third-order valence-electron chi connectivity index (χ3n) is 6.76. The fourth-order valence-corrected chi connectivity index (χ4v) is 4.59. The molecule has 2 amide bonds. The van der Waals surface area contributed by atoms with Crippen molar-refractivity contribution < 1.29 is 4.79 Å². The Morgan fingerprint density at radius 3 is 2.53 bits per heavy atom. The molecule has 1 saturated heterocycles. The molecule has 0 spiro atoms. The summed E-state index contributed by atoms with van der Waals surface area (Å²) in [6.07, 6.45) is 3.14. The van der Waals surface area contributed by atoms with E-state index in [1.807, 2.05) is 79.4 Å². The first-order valence-electron chi connectivity index (χ1n) is 12.3. The number of urea groups is 1. The van der Waals surface area contributed by atoms with E-state index in [4.69, 9.17) is 0 Å². The molecule has 2 aromatic heterocycles. The molecule has 0 aliphatic carbocycles. The van der Waals surface area contributed by atoms with E-state index in [0.717, 1.165) is 29.7 Å². The summed E-state index contributed by atoms with van der Waals surface area (Å²) >= 11 is 0.